The van der Waals surface area contributed by atoms with Gasteiger partial charge in [-0.05, 0) is 24.4 Å². The maximum Gasteiger partial charge on any atom is 0.131 e. The molecule has 0 saturated heterocycles. The van der Waals surface area contributed by atoms with Crippen molar-refractivity contribution in [1.29, 1.82) is 0 Å². The molecule has 0 unspecified atom stereocenters. The number of phenols is 1. The second-order valence-corrected chi connectivity index (χ2v) is 5.51. The van der Waals surface area contributed by atoms with E-state index >= 15 is 0 Å². The Labute approximate surface area is 145 Å². The van der Waals surface area contributed by atoms with Gasteiger partial charge in [0, 0.05) is 45.0 Å². The van der Waals surface area contributed by atoms with Crippen LogP contribution in [-0.4, -0.2) is 27.5 Å². The van der Waals surface area contributed by atoms with Gasteiger partial charge in [0.15, 0.2) is 0 Å². The van der Waals surface area contributed by atoms with Crippen LogP contribution in [0.1, 0.15) is 5.69 Å². The lowest BCUT2D eigenvalue weighted by Gasteiger charge is -2.11. The Kier molecular flexibility index (Phi) is 4.09. The van der Waals surface area contributed by atoms with Crippen LogP contribution in [0.5, 0.6) is 5.75 Å². The summed E-state index contributed by atoms with van der Waals surface area (Å²) in [5.41, 5.74) is 3.68. The van der Waals surface area contributed by atoms with Crippen LogP contribution in [0.3, 0.4) is 0 Å². The second-order valence-electron chi connectivity index (χ2n) is 5.51. The number of aromatic hydroxyl groups is 1. The minimum atomic E-state index is 0. The molecule has 1 aromatic heterocycles. The van der Waals surface area contributed by atoms with Gasteiger partial charge in [-0.15, -0.1) is 0 Å². The third-order valence-electron chi connectivity index (χ3n) is 4.05. The number of para-hydroxylation sites is 1. The van der Waals surface area contributed by atoms with E-state index in [2.05, 4.69) is 11.1 Å². The molecule has 4 rings (SSSR count). The summed E-state index contributed by atoms with van der Waals surface area (Å²) in [5, 5.41) is 13.7. The van der Waals surface area contributed by atoms with E-state index in [1.165, 1.54) is 0 Å². The highest BCUT2D eigenvalue weighted by Gasteiger charge is 2.11. The Hall–Kier alpha value is -2.34. The normalized spacial score (nSPS) is 10.7. The number of aromatic nitrogens is 1. The van der Waals surface area contributed by atoms with Crippen molar-refractivity contribution in [3.8, 4) is 16.9 Å². The molecule has 3 aromatic carbocycles. The number of hydrogen-bond donors (Lipinski definition) is 1. The molecule has 0 fully saturated rings. The van der Waals surface area contributed by atoms with Crippen molar-refractivity contribution in [3.05, 3.63) is 72.4 Å². The molecule has 1 N–H and O–H groups in total. The van der Waals surface area contributed by atoms with E-state index in [1.807, 2.05) is 67.6 Å². The lowest BCUT2D eigenvalue weighted by Crippen LogP contribution is -1.88. The van der Waals surface area contributed by atoms with Crippen LogP contribution >= 0.6 is 0 Å². The van der Waals surface area contributed by atoms with E-state index in [0.29, 0.717) is 5.75 Å². The van der Waals surface area contributed by atoms with E-state index in [0.717, 1.165) is 38.5 Å². The lowest BCUT2D eigenvalue weighted by molar-refractivity contribution is 0.483. The molecule has 3 radical (unpaired) electrons. The second kappa shape index (κ2) is 6.04. The van der Waals surface area contributed by atoms with E-state index < -0.39 is 0 Å². The van der Waals surface area contributed by atoms with E-state index in [9.17, 15) is 5.11 Å². The molecule has 0 aliphatic carbocycles. The summed E-state index contributed by atoms with van der Waals surface area (Å²) < 4.78 is 0. The molecular weight excluding hydrogens is 297 g/mol. The Morgan fingerprint density at radius 3 is 2.35 bits per heavy atom. The van der Waals surface area contributed by atoms with Crippen LogP contribution in [0.4, 0.5) is 0 Å². The molecule has 0 aliphatic heterocycles. The fourth-order valence-electron chi connectivity index (χ4n) is 2.93. The van der Waals surface area contributed by atoms with Crippen molar-refractivity contribution in [2.45, 2.75) is 6.92 Å². The van der Waals surface area contributed by atoms with Crippen LogP contribution < -0.4 is 0 Å². The molecular formula is C20H15AlNO. The molecule has 3 heteroatoms. The van der Waals surface area contributed by atoms with Gasteiger partial charge in [0.25, 0.3) is 0 Å². The first kappa shape index (κ1) is 15.6. The van der Waals surface area contributed by atoms with Gasteiger partial charge >= 0.3 is 0 Å². The minimum Gasteiger partial charge on any atom is -0.507 e. The average molecular weight is 312 g/mol. The first-order valence-corrected chi connectivity index (χ1v) is 7.31. The highest BCUT2D eigenvalue weighted by atomic mass is 27.0. The van der Waals surface area contributed by atoms with Gasteiger partial charge in [-0.3, -0.25) is 4.98 Å². The fraction of sp³-hybridized carbons (Fsp3) is 0.0500. The van der Waals surface area contributed by atoms with Crippen LogP contribution in [0.2, 0.25) is 0 Å². The van der Waals surface area contributed by atoms with Crippen molar-refractivity contribution in [3.63, 3.8) is 0 Å². The van der Waals surface area contributed by atoms with Crippen molar-refractivity contribution < 1.29 is 5.11 Å². The number of fused-ring (bicyclic) bond motifs is 2. The van der Waals surface area contributed by atoms with Gasteiger partial charge in [0.05, 0.1) is 5.52 Å². The van der Waals surface area contributed by atoms with Gasteiger partial charge in [0.2, 0.25) is 0 Å². The number of phenolic OH excluding ortho intramolecular Hbond substituents is 1. The predicted octanol–water partition coefficient (Wildman–Crippen LogP) is 4.69. The maximum atomic E-state index is 10.7. The SMILES string of the molecule is Cc1ccc2cccc(-c3ccc4ccccc4c3O)c2n1.[Al]. The molecule has 2 nitrogen and oxygen atoms in total. The largest absolute Gasteiger partial charge is 0.507 e. The van der Waals surface area contributed by atoms with Gasteiger partial charge in [-0.2, -0.15) is 0 Å². The molecule has 0 amide bonds. The zero-order valence-electron chi connectivity index (χ0n) is 12.8. The fourth-order valence-corrected chi connectivity index (χ4v) is 2.93. The van der Waals surface area contributed by atoms with Crippen molar-refractivity contribution in [1.82, 2.24) is 4.98 Å². The molecule has 0 bridgehead atoms. The summed E-state index contributed by atoms with van der Waals surface area (Å²) in [7, 11) is 0. The predicted molar refractivity (Wildman–Crippen MR) is 96.8 cm³/mol. The molecule has 0 atom stereocenters. The molecule has 109 valence electrons. The molecule has 4 aromatic rings. The summed E-state index contributed by atoms with van der Waals surface area (Å²) in [6.07, 6.45) is 0. The number of pyridine rings is 1. The Balaban J connectivity index is 0.00000156. The summed E-state index contributed by atoms with van der Waals surface area (Å²) in [4.78, 5) is 4.66. The van der Waals surface area contributed by atoms with Gasteiger partial charge in [0.1, 0.15) is 5.75 Å². The molecule has 1 heterocycles. The average Bonchev–Trinajstić information content (AvgIpc) is 2.55. The molecule has 23 heavy (non-hydrogen) atoms. The third-order valence-corrected chi connectivity index (χ3v) is 4.05. The number of nitrogens with zero attached hydrogens (tertiary/aromatic N) is 1. The Morgan fingerprint density at radius 1 is 0.739 bits per heavy atom. The zero-order chi connectivity index (χ0) is 15.1. The highest BCUT2D eigenvalue weighted by molar-refractivity contribution is 6.01. The van der Waals surface area contributed by atoms with Crippen LogP contribution in [0.15, 0.2) is 66.7 Å². The van der Waals surface area contributed by atoms with Crippen molar-refractivity contribution in [2.24, 2.45) is 0 Å². The number of aryl methyl sites for hydroxylation is 1. The summed E-state index contributed by atoms with van der Waals surface area (Å²) >= 11 is 0. The standard InChI is InChI=1S/C20H15NO.Al/c1-13-9-10-15-6-4-8-17(19(15)21-13)18-12-11-14-5-2-3-7-16(14)20(18)22;/h2-12,22H,1H3;. The van der Waals surface area contributed by atoms with Crippen LogP contribution in [-0.2, 0) is 0 Å². The Bertz CT molecular complexity index is 1010. The smallest absolute Gasteiger partial charge is 0.131 e. The first-order chi connectivity index (χ1) is 10.7. The van der Waals surface area contributed by atoms with Crippen molar-refractivity contribution in [2.75, 3.05) is 0 Å². The van der Waals surface area contributed by atoms with Crippen molar-refractivity contribution >= 4 is 39.0 Å². The number of benzene rings is 3. The Morgan fingerprint density at radius 2 is 1.48 bits per heavy atom. The molecule has 0 aliphatic rings. The van der Waals surface area contributed by atoms with Crippen LogP contribution in [0, 0.1) is 6.92 Å². The first-order valence-electron chi connectivity index (χ1n) is 7.31. The number of rotatable bonds is 1. The minimum absolute atomic E-state index is 0. The maximum absolute atomic E-state index is 10.7. The lowest BCUT2D eigenvalue weighted by atomic mass is 9.97. The third kappa shape index (κ3) is 2.59. The molecule has 0 spiro atoms. The van der Waals surface area contributed by atoms with E-state index in [-0.39, 0.29) is 17.4 Å². The topological polar surface area (TPSA) is 33.1 Å². The summed E-state index contributed by atoms with van der Waals surface area (Å²) in [6.45, 7) is 1.98. The van der Waals surface area contributed by atoms with Gasteiger partial charge in [-0.1, -0.05) is 54.6 Å². The van der Waals surface area contributed by atoms with E-state index in [1.54, 1.807) is 0 Å². The summed E-state index contributed by atoms with van der Waals surface area (Å²) in [5.74, 6) is 0.314. The van der Waals surface area contributed by atoms with Gasteiger partial charge < -0.3 is 5.11 Å². The number of hydrogen-bond acceptors (Lipinski definition) is 2. The summed E-state index contributed by atoms with van der Waals surface area (Å²) in [6, 6.07) is 22.0. The quantitative estimate of drug-likeness (QED) is 0.517. The van der Waals surface area contributed by atoms with Gasteiger partial charge in [-0.25, -0.2) is 0 Å². The zero-order valence-corrected chi connectivity index (χ0v) is 14.0. The highest BCUT2D eigenvalue weighted by Crippen LogP contribution is 2.38. The monoisotopic (exact) mass is 312 g/mol. The molecule has 0 saturated carbocycles. The van der Waals surface area contributed by atoms with E-state index in [4.69, 9.17) is 0 Å². The van der Waals surface area contributed by atoms with Crippen LogP contribution in [0.25, 0.3) is 32.8 Å².